The maximum absolute atomic E-state index is 14.0. The van der Waals surface area contributed by atoms with Crippen LogP contribution in [-0.2, 0) is 19.1 Å². The summed E-state index contributed by atoms with van der Waals surface area (Å²) in [5.74, 6) is -0.763. The van der Waals surface area contributed by atoms with Gasteiger partial charge in [0.15, 0.2) is 17.3 Å². The lowest BCUT2D eigenvalue weighted by Gasteiger charge is -2.36. The second-order valence-corrected chi connectivity index (χ2v) is 8.53. The normalized spacial score (nSPS) is 18.0. The number of benzene rings is 1. The third-order valence-electron chi connectivity index (χ3n) is 6.22. The molecule has 1 saturated carbocycles. The summed E-state index contributed by atoms with van der Waals surface area (Å²) < 4.78 is 70.2. The Kier molecular flexibility index (Phi) is 5.27. The highest BCUT2D eigenvalue weighted by Crippen LogP contribution is 2.37. The molecule has 2 aromatic heterocycles. The van der Waals surface area contributed by atoms with E-state index in [2.05, 4.69) is 10.2 Å². The van der Waals surface area contributed by atoms with E-state index in [-0.39, 0.29) is 17.8 Å². The molecule has 0 N–H and O–H groups in total. The Morgan fingerprint density at radius 2 is 1.69 bits per heavy atom. The van der Waals surface area contributed by atoms with E-state index < -0.39 is 23.4 Å². The second kappa shape index (κ2) is 7.99. The van der Waals surface area contributed by atoms with Crippen molar-refractivity contribution in [1.82, 2.24) is 19.5 Å². The van der Waals surface area contributed by atoms with Gasteiger partial charge in [-0.15, -0.1) is 10.2 Å². The predicted octanol–water partition coefficient (Wildman–Crippen LogP) is 4.30. The Morgan fingerprint density at radius 1 is 0.938 bits per heavy atom. The summed E-state index contributed by atoms with van der Waals surface area (Å²) in [6.45, 7) is 2.14. The van der Waals surface area contributed by atoms with Gasteiger partial charge in [-0.1, -0.05) is 0 Å². The Morgan fingerprint density at radius 3 is 2.34 bits per heavy atom. The van der Waals surface area contributed by atoms with Crippen LogP contribution in [0.1, 0.15) is 29.8 Å². The third-order valence-corrected chi connectivity index (χ3v) is 6.22. The van der Waals surface area contributed by atoms with Crippen molar-refractivity contribution in [3.8, 4) is 0 Å². The number of nitrogens with zero attached hydrogens (tertiary/aromatic N) is 5. The summed E-state index contributed by atoms with van der Waals surface area (Å²) in [4.78, 5) is 3.83. The van der Waals surface area contributed by atoms with Gasteiger partial charge in [0, 0.05) is 57.1 Å². The molecule has 32 heavy (non-hydrogen) atoms. The molecule has 0 atom stereocenters. The molecule has 1 aromatic carbocycles. The summed E-state index contributed by atoms with van der Waals surface area (Å²) in [5.41, 5.74) is -0.159. The van der Waals surface area contributed by atoms with E-state index in [1.54, 1.807) is 6.20 Å². The van der Waals surface area contributed by atoms with Crippen LogP contribution in [0.4, 0.5) is 27.6 Å². The molecule has 10 heteroatoms. The van der Waals surface area contributed by atoms with Gasteiger partial charge >= 0.3 is 6.18 Å². The summed E-state index contributed by atoms with van der Waals surface area (Å²) in [6, 6.07) is 5.24. The lowest BCUT2D eigenvalue weighted by Crippen LogP contribution is -2.46. The first kappa shape index (κ1) is 21.1. The smallest absolute Gasteiger partial charge is 0.369 e. The Bertz CT molecular complexity index is 1130. The van der Waals surface area contributed by atoms with Crippen LogP contribution in [0.15, 0.2) is 30.5 Å². The minimum absolute atomic E-state index is 0.127. The van der Waals surface area contributed by atoms with Gasteiger partial charge in [-0.05, 0) is 42.5 Å². The van der Waals surface area contributed by atoms with Crippen LogP contribution < -0.4 is 4.90 Å². The molecule has 1 saturated heterocycles. The van der Waals surface area contributed by atoms with Gasteiger partial charge in [0.2, 0.25) is 0 Å². The first-order valence-corrected chi connectivity index (χ1v) is 10.6. The number of rotatable bonds is 5. The second-order valence-electron chi connectivity index (χ2n) is 8.53. The number of alkyl halides is 3. The average Bonchev–Trinajstić information content (AvgIpc) is 3.48. The van der Waals surface area contributed by atoms with Crippen molar-refractivity contribution in [3.05, 3.63) is 59.0 Å². The van der Waals surface area contributed by atoms with Crippen LogP contribution in [0, 0.1) is 17.6 Å². The van der Waals surface area contributed by atoms with Gasteiger partial charge in [-0.3, -0.25) is 9.30 Å². The van der Waals surface area contributed by atoms with Gasteiger partial charge < -0.3 is 4.90 Å². The summed E-state index contributed by atoms with van der Waals surface area (Å²) in [6.07, 6.45) is -0.112. The first-order chi connectivity index (χ1) is 15.3. The molecule has 0 amide bonds. The highest BCUT2D eigenvalue weighted by Gasteiger charge is 2.38. The van der Waals surface area contributed by atoms with E-state index in [1.165, 1.54) is 16.5 Å². The van der Waals surface area contributed by atoms with Crippen LogP contribution in [0.25, 0.3) is 5.65 Å². The van der Waals surface area contributed by atoms with Crippen molar-refractivity contribution in [2.24, 2.45) is 5.92 Å². The molecular weight excluding hydrogens is 429 g/mol. The maximum atomic E-state index is 14.0. The maximum Gasteiger partial charge on any atom is 0.420 e. The minimum Gasteiger partial charge on any atom is -0.369 e. The standard InChI is InChI=1S/C22H22F5N5/c23-17-4-3-16(12-18(17)24)31-9-7-30(8-10-31)13-15-5-6-32-19(11-14-1-2-14)28-29-21(32)20(15)22(25,26)27/h3-6,12,14H,1-2,7-11,13H2. The fourth-order valence-electron chi connectivity index (χ4n) is 4.29. The van der Waals surface area contributed by atoms with Crippen molar-refractivity contribution >= 4 is 11.3 Å². The SMILES string of the molecule is Fc1ccc(N2CCN(Cc3ccn4c(CC5CC5)nnc4c3C(F)(F)F)CC2)cc1F. The fourth-order valence-corrected chi connectivity index (χ4v) is 4.29. The number of piperazine rings is 1. The quantitative estimate of drug-likeness (QED) is 0.542. The molecule has 170 valence electrons. The van der Waals surface area contributed by atoms with Gasteiger partial charge in [0.1, 0.15) is 11.4 Å². The van der Waals surface area contributed by atoms with Gasteiger partial charge in [-0.25, -0.2) is 8.78 Å². The highest BCUT2D eigenvalue weighted by molar-refractivity contribution is 5.54. The largest absolute Gasteiger partial charge is 0.420 e. The van der Waals surface area contributed by atoms with Crippen LogP contribution in [0.3, 0.4) is 0 Å². The number of hydrogen-bond acceptors (Lipinski definition) is 4. The van der Waals surface area contributed by atoms with E-state index in [9.17, 15) is 22.0 Å². The zero-order chi connectivity index (χ0) is 22.5. The molecule has 2 aliphatic rings. The number of hydrogen-bond donors (Lipinski definition) is 0. The predicted molar refractivity (Wildman–Crippen MR) is 108 cm³/mol. The van der Waals surface area contributed by atoms with E-state index in [0.717, 1.165) is 25.0 Å². The summed E-state index contributed by atoms with van der Waals surface area (Å²) in [5, 5.41) is 7.92. The van der Waals surface area contributed by atoms with Crippen LogP contribution in [0.5, 0.6) is 0 Å². The minimum atomic E-state index is -4.55. The van der Waals surface area contributed by atoms with Crippen molar-refractivity contribution < 1.29 is 22.0 Å². The number of pyridine rings is 1. The zero-order valence-corrected chi connectivity index (χ0v) is 17.2. The third kappa shape index (κ3) is 4.15. The Hall–Kier alpha value is -2.75. The van der Waals surface area contributed by atoms with Crippen molar-refractivity contribution in [3.63, 3.8) is 0 Å². The summed E-state index contributed by atoms with van der Waals surface area (Å²) in [7, 11) is 0. The zero-order valence-electron chi connectivity index (χ0n) is 17.2. The number of anilines is 1. The molecule has 0 spiro atoms. The fraction of sp³-hybridized carbons (Fsp3) is 0.455. The van der Waals surface area contributed by atoms with E-state index in [4.69, 9.17) is 0 Å². The van der Waals surface area contributed by atoms with E-state index in [0.29, 0.717) is 50.0 Å². The Balaban J connectivity index is 1.34. The van der Waals surface area contributed by atoms with Gasteiger partial charge in [0.05, 0.1) is 0 Å². The molecule has 1 aliphatic carbocycles. The number of aromatic nitrogens is 3. The molecular formula is C22H22F5N5. The molecule has 3 heterocycles. The van der Waals surface area contributed by atoms with Gasteiger partial charge in [0.25, 0.3) is 0 Å². The van der Waals surface area contributed by atoms with Crippen LogP contribution in [0.2, 0.25) is 0 Å². The molecule has 5 rings (SSSR count). The molecule has 0 bridgehead atoms. The van der Waals surface area contributed by atoms with E-state index >= 15 is 0 Å². The summed E-state index contributed by atoms with van der Waals surface area (Å²) >= 11 is 0. The number of fused-ring (bicyclic) bond motifs is 1. The monoisotopic (exact) mass is 451 g/mol. The molecule has 0 radical (unpaired) electrons. The van der Waals surface area contributed by atoms with Crippen LogP contribution >= 0.6 is 0 Å². The molecule has 0 unspecified atom stereocenters. The molecule has 5 nitrogen and oxygen atoms in total. The van der Waals surface area contributed by atoms with E-state index in [1.807, 2.05) is 9.80 Å². The van der Waals surface area contributed by atoms with Crippen molar-refractivity contribution in [2.45, 2.75) is 32.0 Å². The molecule has 3 aromatic rings. The number of halogens is 5. The first-order valence-electron chi connectivity index (χ1n) is 10.6. The lowest BCUT2D eigenvalue weighted by atomic mass is 10.1. The van der Waals surface area contributed by atoms with Crippen molar-refractivity contribution in [2.75, 3.05) is 31.1 Å². The van der Waals surface area contributed by atoms with Gasteiger partial charge in [-0.2, -0.15) is 13.2 Å². The highest BCUT2D eigenvalue weighted by atomic mass is 19.4. The Labute approximate surface area is 181 Å². The average molecular weight is 451 g/mol. The van der Waals surface area contributed by atoms with Crippen molar-refractivity contribution in [1.29, 1.82) is 0 Å². The topological polar surface area (TPSA) is 36.7 Å². The molecule has 2 fully saturated rings. The molecule has 1 aliphatic heterocycles. The van der Waals surface area contributed by atoms with Crippen LogP contribution in [-0.4, -0.2) is 45.7 Å². The lowest BCUT2D eigenvalue weighted by molar-refractivity contribution is -0.137.